The van der Waals surface area contributed by atoms with Crippen LogP contribution in [0.4, 0.5) is 18.0 Å². The van der Waals surface area contributed by atoms with Crippen molar-refractivity contribution >= 4 is 12.0 Å². The first-order valence-corrected chi connectivity index (χ1v) is 12.6. The Bertz CT molecular complexity index is 1170. The average molecular weight is 523 g/mol. The normalized spacial score (nSPS) is 21.3. The van der Waals surface area contributed by atoms with Crippen molar-refractivity contribution in [1.29, 1.82) is 0 Å². The van der Waals surface area contributed by atoms with Crippen molar-refractivity contribution in [2.24, 2.45) is 5.92 Å². The van der Waals surface area contributed by atoms with Gasteiger partial charge in [0.15, 0.2) is 0 Å². The minimum atomic E-state index is -3.02. The molecule has 1 unspecified atom stereocenters. The van der Waals surface area contributed by atoms with Crippen molar-refractivity contribution in [2.75, 3.05) is 19.7 Å². The maximum atomic E-state index is 14.8. The number of amides is 2. The molecular formula is C26H33F3N4O4. The standard InChI is InChI=1S/C26H33F3N4O4/c1-5-36-25(35)32-11-10-26(4,14-32)30-23(34)16-6-8-18-21(12-16)33(15(2)3)31-22(18)19-13-17(37-24(28)29)7-9-20(19)27/h7,9,13,15-16,24H,5-6,8,10-12,14H2,1-4H3,(H,30,34)/t16-,26?/m1/s1. The van der Waals surface area contributed by atoms with Crippen molar-refractivity contribution in [1.82, 2.24) is 20.0 Å². The Morgan fingerprint density at radius 1 is 1.30 bits per heavy atom. The van der Waals surface area contributed by atoms with E-state index in [1.54, 1.807) is 16.5 Å². The summed E-state index contributed by atoms with van der Waals surface area (Å²) >= 11 is 0. The highest BCUT2D eigenvalue weighted by Crippen LogP contribution is 2.37. The highest BCUT2D eigenvalue weighted by molar-refractivity contribution is 5.81. The molecule has 1 aliphatic carbocycles. The number of nitrogens with zero attached hydrogens (tertiary/aromatic N) is 3. The van der Waals surface area contributed by atoms with Crippen LogP contribution in [0.15, 0.2) is 18.2 Å². The van der Waals surface area contributed by atoms with E-state index in [4.69, 9.17) is 4.74 Å². The van der Waals surface area contributed by atoms with Crippen molar-refractivity contribution < 1.29 is 32.2 Å². The molecule has 1 aliphatic heterocycles. The molecular weight excluding hydrogens is 489 g/mol. The quantitative estimate of drug-likeness (QED) is 0.569. The summed E-state index contributed by atoms with van der Waals surface area (Å²) < 4.78 is 51.6. The zero-order valence-electron chi connectivity index (χ0n) is 21.5. The predicted octanol–water partition coefficient (Wildman–Crippen LogP) is 4.71. The summed E-state index contributed by atoms with van der Waals surface area (Å²) in [5.41, 5.74) is 1.57. The Hall–Kier alpha value is -3.24. The minimum absolute atomic E-state index is 0.0571. The molecule has 202 valence electrons. The second-order valence-electron chi connectivity index (χ2n) is 10.2. The summed E-state index contributed by atoms with van der Waals surface area (Å²) in [5, 5.41) is 7.78. The van der Waals surface area contributed by atoms with Crippen molar-refractivity contribution in [2.45, 2.75) is 71.6 Å². The SMILES string of the molecule is CCOC(=O)N1CCC(C)(NC(=O)[C@@H]2CCc3c(-c4cc(OC(F)F)ccc4F)nn(C(C)C)c3C2)C1. The van der Waals surface area contributed by atoms with Gasteiger partial charge in [-0.15, -0.1) is 0 Å². The largest absolute Gasteiger partial charge is 0.450 e. The molecule has 8 nitrogen and oxygen atoms in total. The summed E-state index contributed by atoms with van der Waals surface area (Å²) in [7, 11) is 0. The van der Waals surface area contributed by atoms with Crippen molar-refractivity contribution in [3.8, 4) is 17.0 Å². The van der Waals surface area contributed by atoms with Crippen molar-refractivity contribution in [3.63, 3.8) is 0 Å². The van der Waals surface area contributed by atoms with E-state index in [9.17, 15) is 22.8 Å². The number of nitrogens with one attached hydrogen (secondary N) is 1. The molecule has 0 saturated carbocycles. The van der Waals surface area contributed by atoms with E-state index < -0.39 is 18.0 Å². The zero-order valence-corrected chi connectivity index (χ0v) is 21.5. The lowest BCUT2D eigenvalue weighted by molar-refractivity contribution is -0.127. The topological polar surface area (TPSA) is 85.7 Å². The number of likely N-dealkylation sites (tertiary alicyclic amines) is 1. The van der Waals surface area contributed by atoms with Crippen LogP contribution in [0.5, 0.6) is 5.75 Å². The number of hydrogen-bond acceptors (Lipinski definition) is 5. The van der Waals surface area contributed by atoms with E-state index in [0.29, 0.717) is 51.1 Å². The van der Waals surface area contributed by atoms with Gasteiger partial charge in [-0.25, -0.2) is 9.18 Å². The van der Waals surface area contributed by atoms with Gasteiger partial charge in [-0.1, -0.05) is 0 Å². The maximum absolute atomic E-state index is 14.8. The van der Waals surface area contributed by atoms with Gasteiger partial charge in [0.05, 0.1) is 17.8 Å². The lowest BCUT2D eigenvalue weighted by atomic mass is 9.84. The van der Waals surface area contributed by atoms with Crippen LogP contribution in [0.3, 0.4) is 0 Å². The van der Waals surface area contributed by atoms with Gasteiger partial charge in [0.2, 0.25) is 5.91 Å². The summed E-state index contributed by atoms with van der Waals surface area (Å²) in [6.07, 6.45) is 1.67. The zero-order chi connectivity index (χ0) is 26.9. The average Bonchev–Trinajstić information content (AvgIpc) is 3.41. The van der Waals surface area contributed by atoms with Crippen molar-refractivity contribution in [3.05, 3.63) is 35.3 Å². The first-order valence-electron chi connectivity index (χ1n) is 12.6. The van der Waals surface area contributed by atoms with Crippen LogP contribution in [0.2, 0.25) is 0 Å². The third-order valence-electron chi connectivity index (χ3n) is 7.00. The van der Waals surface area contributed by atoms with Crippen LogP contribution in [-0.4, -0.2) is 58.5 Å². The first-order chi connectivity index (χ1) is 17.5. The Balaban J connectivity index is 1.55. The highest BCUT2D eigenvalue weighted by atomic mass is 19.3. The van der Waals surface area contributed by atoms with Gasteiger partial charge in [0.25, 0.3) is 0 Å². The first kappa shape index (κ1) is 26.8. The highest BCUT2D eigenvalue weighted by Gasteiger charge is 2.40. The number of alkyl halides is 2. The molecule has 1 aromatic heterocycles. The Morgan fingerprint density at radius 3 is 2.73 bits per heavy atom. The molecule has 1 N–H and O–H groups in total. The monoisotopic (exact) mass is 522 g/mol. The fraction of sp³-hybridized carbons (Fsp3) is 0.577. The van der Waals surface area contributed by atoms with Gasteiger partial charge in [-0.2, -0.15) is 13.9 Å². The molecule has 1 fully saturated rings. The number of fused-ring (bicyclic) bond motifs is 1. The second-order valence-corrected chi connectivity index (χ2v) is 10.2. The van der Waals surface area contributed by atoms with Crippen LogP contribution in [0, 0.1) is 11.7 Å². The molecule has 37 heavy (non-hydrogen) atoms. The maximum Gasteiger partial charge on any atom is 0.409 e. The van der Waals surface area contributed by atoms with E-state index in [1.165, 1.54) is 6.07 Å². The number of benzene rings is 1. The van der Waals surface area contributed by atoms with Gasteiger partial charge in [0.1, 0.15) is 11.6 Å². The Labute approximate surface area is 214 Å². The predicted molar refractivity (Wildman–Crippen MR) is 130 cm³/mol. The summed E-state index contributed by atoms with van der Waals surface area (Å²) in [6, 6.07) is 3.43. The smallest absolute Gasteiger partial charge is 0.409 e. The minimum Gasteiger partial charge on any atom is -0.450 e. The van der Waals surface area contributed by atoms with E-state index in [-0.39, 0.29) is 35.3 Å². The van der Waals surface area contributed by atoms with E-state index >= 15 is 0 Å². The number of aromatic nitrogens is 2. The van der Waals surface area contributed by atoms with Crippen LogP contribution < -0.4 is 10.1 Å². The number of hydrogen-bond donors (Lipinski definition) is 1. The lowest BCUT2D eigenvalue weighted by Gasteiger charge is -2.30. The molecule has 0 radical (unpaired) electrons. The van der Waals surface area contributed by atoms with Crippen LogP contribution in [-0.2, 0) is 22.4 Å². The molecule has 1 saturated heterocycles. The van der Waals surface area contributed by atoms with Gasteiger partial charge in [-0.05, 0) is 65.2 Å². The molecule has 2 heterocycles. The Morgan fingerprint density at radius 2 is 2.05 bits per heavy atom. The number of halogens is 3. The molecule has 2 aliphatic rings. The number of ether oxygens (including phenoxy) is 2. The third-order valence-corrected chi connectivity index (χ3v) is 7.00. The van der Waals surface area contributed by atoms with Gasteiger partial charge < -0.3 is 19.7 Å². The summed E-state index contributed by atoms with van der Waals surface area (Å²) in [6.45, 7) is 5.71. The van der Waals surface area contributed by atoms with Crippen LogP contribution >= 0.6 is 0 Å². The molecule has 0 spiro atoms. The lowest BCUT2D eigenvalue weighted by Crippen LogP contribution is -2.51. The summed E-state index contributed by atoms with van der Waals surface area (Å²) in [5.74, 6) is -1.15. The summed E-state index contributed by atoms with van der Waals surface area (Å²) in [4.78, 5) is 27.0. The van der Waals surface area contributed by atoms with E-state index in [1.807, 2.05) is 20.8 Å². The molecule has 2 atom stereocenters. The fourth-order valence-electron chi connectivity index (χ4n) is 5.20. The Kier molecular flexibility index (Phi) is 7.70. The van der Waals surface area contributed by atoms with Gasteiger partial charge in [0, 0.05) is 48.3 Å². The van der Waals surface area contributed by atoms with E-state index in [2.05, 4.69) is 15.2 Å². The molecule has 4 rings (SSSR count). The fourth-order valence-corrected chi connectivity index (χ4v) is 5.20. The number of rotatable bonds is 7. The number of carbonyl (C=O) groups excluding carboxylic acids is 2. The molecule has 11 heteroatoms. The van der Waals surface area contributed by atoms with Gasteiger partial charge in [-0.3, -0.25) is 9.48 Å². The van der Waals surface area contributed by atoms with E-state index in [0.717, 1.165) is 23.4 Å². The second kappa shape index (κ2) is 10.6. The van der Waals surface area contributed by atoms with Gasteiger partial charge >= 0.3 is 12.7 Å². The molecule has 2 aromatic rings. The molecule has 2 amide bonds. The molecule has 1 aromatic carbocycles. The van der Waals surface area contributed by atoms with Crippen LogP contribution in [0.25, 0.3) is 11.3 Å². The molecule has 0 bridgehead atoms. The van der Waals surface area contributed by atoms with Crippen LogP contribution in [0.1, 0.15) is 57.8 Å². The third kappa shape index (κ3) is 5.70. The number of carbonyl (C=O) groups is 2.